The molecular weight excluding hydrogens is 284 g/mol. The molecule has 1 aliphatic heterocycles. The first kappa shape index (κ1) is 12.3. The highest BCUT2D eigenvalue weighted by atomic mass is 79.9. The van der Waals surface area contributed by atoms with E-state index in [0.29, 0.717) is 6.54 Å². The summed E-state index contributed by atoms with van der Waals surface area (Å²) >= 11 is 3.39. The summed E-state index contributed by atoms with van der Waals surface area (Å²) in [5, 5.41) is 0. The Morgan fingerprint density at radius 3 is 2.94 bits per heavy atom. The molecule has 1 aromatic rings. The van der Waals surface area contributed by atoms with Crippen LogP contribution in [0.25, 0.3) is 0 Å². The lowest BCUT2D eigenvalue weighted by Gasteiger charge is -2.39. The van der Waals surface area contributed by atoms with E-state index >= 15 is 0 Å². The van der Waals surface area contributed by atoms with E-state index in [1.165, 1.54) is 0 Å². The number of hydrogen-bond donors (Lipinski definition) is 1. The van der Waals surface area contributed by atoms with Crippen LogP contribution in [-0.4, -0.2) is 47.5 Å². The zero-order valence-corrected chi connectivity index (χ0v) is 11.2. The molecule has 0 spiro atoms. The van der Waals surface area contributed by atoms with Gasteiger partial charge in [-0.25, -0.2) is 4.79 Å². The van der Waals surface area contributed by atoms with E-state index in [4.69, 9.17) is 5.73 Å². The van der Waals surface area contributed by atoms with Crippen molar-refractivity contribution in [1.82, 2.24) is 14.8 Å². The van der Waals surface area contributed by atoms with Gasteiger partial charge in [-0.1, -0.05) is 0 Å². The van der Waals surface area contributed by atoms with E-state index in [2.05, 4.69) is 25.8 Å². The smallest absolute Gasteiger partial charge is 0.315 e. The first-order valence-electron chi connectivity index (χ1n) is 5.43. The van der Waals surface area contributed by atoms with Gasteiger partial charge in [-0.05, 0) is 34.6 Å². The molecule has 1 aliphatic rings. The SMILES string of the molecule is CN1CCN(C(N)=O)C(c2cncc(Br)c2)C1. The van der Waals surface area contributed by atoms with E-state index in [1.807, 2.05) is 13.1 Å². The minimum absolute atomic E-state index is 0.0174. The molecule has 2 amide bonds. The van der Waals surface area contributed by atoms with Gasteiger partial charge in [0, 0.05) is 36.5 Å². The van der Waals surface area contributed by atoms with Crippen LogP contribution in [0.4, 0.5) is 4.79 Å². The normalized spacial score (nSPS) is 21.5. The highest BCUT2D eigenvalue weighted by Crippen LogP contribution is 2.25. The quantitative estimate of drug-likeness (QED) is 0.848. The van der Waals surface area contributed by atoms with Crippen molar-refractivity contribution < 1.29 is 4.79 Å². The fourth-order valence-corrected chi connectivity index (χ4v) is 2.46. The Hall–Kier alpha value is -1.14. The van der Waals surface area contributed by atoms with Gasteiger partial charge in [0.15, 0.2) is 0 Å². The molecule has 2 heterocycles. The Kier molecular flexibility index (Phi) is 3.63. The average Bonchev–Trinajstić information content (AvgIpc) is 2.28. The Morgan fingerprint density at radius 1 is 1.53 bits per heavy atom. The number of amides is 2. The monoisotopic (exact) mass is 298 g/mol. The maximum atomic E-state index is 11.4. The third-order valence-corrected chi connectivity index (χ3v) is 3.41. The van der Waals surface area contributed by atoms with Crippen molar-refractivity contribution in [3.05, 3.63) is 28.5 Å². The lowest BCUT2D eigenvalue weighted by molar-refractivity contribution is 0.114. The van der Waals surface area contributed by atoms with Gasteiger partial charge in [0.25, 0.3) is 0 Å². The van der Waals surface area contributed by atoms with Gasteiger partial charge in [0.2, 0.25) is 0 Å². The first-order valence-corrected chi connectivity index (χ1v) is 6.22. The summed E-state index contributed by atoms with van der Waals surface area (Å²) in [5.74, 6) is 0. The Labute approximate surface area is 109 Å². The number of primary amides is 1. The van der Waals surface area contributed by atoms with Crippen molar-refractivity contribution >= 4 is 22.0 Å². The lowest BCUT2D eigenvalue weighted by atomic mass is 10.1. The minimum atomic E-state index is -0.372. The standard InChI is InChI=1S/C11H15BrN4O/c1-15-2-3-16(11(13)17)10(7-15)8-4-9(12)6-14-5-8/h4-6,10H,2-3,7H2,1H3,(H2,13,17). The Morgan fingerprint density at radius 2 is 2.29 bits per heavy atom. The fourth-order valence-electron chi connectivity index (χ4n) is 2.08. The molecule has 2 rings (SSSR count). The molecular formula is C11H15BrN4O. The zero-order valence-electron chi connectivity index (χ0n) is 9.64. The number of rotatable bonds is 1. The second-order valence-electron chi connectivity index (χ2n) is 4.25. The van der Waals surface area contributed by atoms with Crippen molar-refractivity contribution in [2.75, 3.05) is 26.7 Å². The number of carbonyl (C=O) groups is 1. The van der Waals surface area contributed by atoms with E-state index in [1.54, 1.807) is 17.3 Å². The number of hydrogen-bond acceptors (Lipinski definition) is 3. The van der Waals surface area contributed by atoms with Gasteiger partial charge in [-0.15, -0.1) is 0 Å². The second kappa shape index (κ2) is 5.01. The highest BCUT2D eigenvalue weighted by molar-refractivity contribution is 9.10. The number of nitrogens with zero attached hydrogens (tertiary/aromatic N) is 3. The second-order valence-corrected chi connectivity index (χ2v) is 5.16. The van der Waals surface area contributed by atoms with E-state index < -0.39 is 0 Å². The maximum Gasteiger partial charge on any atom is 0.315 e. The summed E-state index contributed by atoms with van der Waals surface area (Å²) in [4.78, 5) is 19.4. The molecule has 5 nitrogen and oxygen atoms in total. The summed E-state index contributed by atoms with van der Waals surface area (Å²) in [7, 11) is 2.04. The van der Waals surface area contributed by atoms with Crippen LogP contribution in [0.3, 0.4) is 0 Å². The molecule has 92 valence electrons. The molecule has 0 bridgehead atoms. The zero-order chi connectivity index (χ0) is 12.4. The maximum absolute atomic E-state index is 11.4. The van der Waals surface area contributed by atoms with Crippen LogP contribution >= 0.6 is 15.9 Å². The number of piperazine rings is 1. The number of nitrogens with two attached hydrogens (primary N) is 1. The molecule has 1 fully saturated rings. The number of carbonyl (C=O) groups excluding carboxylic acids is 1. The number of aromatic nitrogens is 1. The summed E-state index contributed by atoms with van der Waals surface area (Å²) in [6.45, 7) is 2.28. The Bertz CT molecular complexity index is 426. The highest BCUT2D eigenvalue weighted by Gasteiger charge is 2.29. The molecule has 0 radical (unpaired) electrons. The number of halogens is 1. The molecule has 0 aromatic carbocycles. The third kappa shape index (κ3) is 2.76. The van der Waals surface area contributed by atoms with E-state index in [-0.39, 0.29) is 12.1 Å². The predicted molar refractivity (Wildman–Crippen MR) is 68.5 cm³/mol. The van der Waals surface area contributed by atoms with Crippen LogP contribution in [0.1, 0.15) is 11.6 Å². The lowest BCUT2D eigenvalue weighted by Crippen LogP contribution is -2.51. The van der Waals surface area contributed by atoms with Crippen LogP contribution < -0.4 is 5.73 Å². The number of urea groups is 1. The van der Waals surface area contributed by atoms with Crippen LogP contribution in [-0.2, 0) is 0 Å². The molecule has 1 saturated heterocycles. The van der Waals surface area contributed by atoms with Gasteiger partial charge in [-0.3, -0.25) is 4.98 Å². The van der Waals surface area contributed by atoms with Gasteiger partial charge < -0.3 is 15.5 Å². The van der Waals surface area contributed by atoms with Crippen molar-refractivity contribution in [2.45, 2.75) is 6.04 Å². The minimum Gasteiger partial charge on any atom is -0.351 e. The van der Waals surface area contributed by atoms with E-state index in [0.717, 1.165) is 23.1 Å². The average molecular weight is 299 g/mol. The molecule has 2 N–H and O–H groups in total. The molecule has 0 aliphatic carbocycles. The summed E-state index contributed by atoms with van der Waals surface area (Å²) in [5.41, 5.74) is 6.42. The molecule has 1 atom stereocenters. The molecule has 0 saturated carbocycles. The van der Waals surface area contributed by atoms with Gasteiger partial charge >= 0.3 is 6.03 Å². The van der Waals surface area contributed by atoms with Crippen molar-refractivity contribution in [1.29, 1.82) is 0 Å². The largest absolute Gasteiger partial charge is 0.351 e. The summed E-state index contributed by atoms with van der Waals surface area (Å²) in [6, 6.07) is 1.59. The Balaban J connectivity index is 2.28. The van der Waals surface area contributed by atoms with Crippen molar-refractivity contribution in [2.24, 2.45) is 5.73 Å². The van der Waals surface area contributed by atoms with Crippen molar-refractivity contribution in [3.63, 3.8) is 0 Å². The van der Waals surface area contributed by atoms with Gasteiger partial charge in [-0.2, -0.15) is 0 Å². The fraction of sp³-hybridized carbons (Fsp3) is 0.455. The summed E-state index contributed by atoms with van der Waals surface area (Å²) < 4.78 is 0.910. The number of pyridine rings is 1. The molecule has 1 aromatic heterocycles. The van der Waals surface area contributed by atoms with Gasteiger partial charge in [0.1, 0.15) is 0 Å². The number of likely N-dealkylation sites (N-methyl/N-ethyl adjacent to an activating group) is 1. The molecule has 6 heteroatoms. The van der Waals surface area contributed by atoms with E-state index in [9.17, 15) is 4.79 Å². The topological polar surface area (TPSA) is 62.5 Å². The van der Waals surface area contributed by atoms with Crippen LogP contribution in [0.5, 0.6) is 0 Å². The van der Waals surface area contributed by atoms with Gasteiger partial charge in [0.05, 0.1) is 6.04 Å². The van der Waals surface area contributed by atoms with Crippen molar-refractivity contribution in [3.8, 4) is 0 Å². The van der Waals surface area contributed by atoms with Crippen LogP contribution in [0.2, 0.25) is 0 Å². The van der Waals surface area contributed by atoms with Crippen LogP contribution in [0.15, 0.2) is 22.9 Å². The van der Waals surface area contributed by atoms with Crippen LogP contribution in [0, 0.1) is 0 Å². The third-order valence-electron chi connectivity index (χ3n) is 2.98. The molecule has 1 unspecified atom stereocenters. The summed E-state index contributed by atoms with van der Waals surface area (Å²) in [6.07, 6.45) is 3.51. The molecule has 17 heavy (non-hydrogen) atoms. The predicted octanol–water partition coefficient (Wildman–Crippen LogP) is 1.21. The first-order chi connectivity index (χ1) is 8.08.